The van der Waals surface area contributed by atoms with Crippen LogP contribution < -0.4 is 0 Å². The van der Waals surface area contributed by atoms with E-state index in [9.17, 15) is 4.11 Å². The monoisotopic (exact) mass is 218 g/mol. The molecule has 0 bridgehead atoms. The number of hydrogen-bond acceptors (Lipinski definition) is 0. The summed E-state index contributed by atoms with van der Waals surface area (Å²) in [6.45, 7) is 14.5. The molecule has 0 radical (unpaired) electrons. The molecule has 1 atom stereocenters. The zero-order valence-electron chi connectivity index (χ0n) is 10.0. The van der Waals surface area contributed by atoms with Crippen molar-refractivity contribution in [1.29, 1.82) is 0 Å². The predicted octanol–water partition coefficient (Wildman–Crippen LogP) is 4.37. The van der Waals surface area contributed by atoms with Gasteiger partial charge in [-0.15, -0.1) is 0 Å². The minimum absolute atomic E-state index is 0.255. The van der Waals surface area contributed by atoms with Crippen LogP contribution in [0.5, 0.6) is 0 Å². The van der Waals surface area contributed by atoms with Gasteiger partial charge >= 0.3 is 0 Å². The zero-order chi connectivity index (χ0) is 10.9. The van der Waals surface area contributed by atoms with E-state index in [1.807, 2.05) is 13.1 Å². The molecule has 0 saturated carbocycles. The van der Waals surface area contributed by atoms with Crippen LogP contribution in [0.15, 0.2) is 11.6 Å². The van der Waals surface area contributed by atoms with E-state index in [2.05, 4.69) is 39.6 Å². The molecule has 0 aromatic heterocycles. The molecule has 78 valence electrons. The van der Waals surface area contributed by atoms with E-state index in [4.69, 9.17) is 0 Å². The molecule has 0 aliphatic rings. The molecule has 0 amide bonds. The fourth-order valence-corrected chi connectivity index (χ4v) is 11.6. The first-order chi connectivity index (χ1) is 5.55. The van der Waals surface area contributed by atoms with E-state index < -0.39 is 16.5 Å². The van der Waals surface area contributed by atoms with Crippen molar-refractivity contribution in [3.63, 3.8) is 0 Å². The number of hydrogen-bond donors (Lipinski definition) is 0. The van der Waals surface area contributed by atoms with Crippen LogP contribution in [-0.4, -0.2) is 16.5 Å². The molecule has 0 heterocycles. The maximum absolute atomic E-state index is 14.0. The van der Waals surface area contributed by atoms with Crippen molar-refractivity contribution in [3.05, 3.63) is 11.6 Å². The Morgan fingerprint density at radius 2 is 1.46 bits per heavy atom. The van der Waals surface area contributed by atoms with Crippen molar-refractivity contribution in [2.45, 2.75) is 51.7 Å². The lowest BCUT2D eigenvalue weighted by molar-refractivity contribution is 0.785. The third-order valence-electron chi connectivity index (χ3n) is 2.17. The molecular formula is C10H23FSi2. The molecule has 13 heavy (non-hydrogen) atoms. The lowest BCUT2D eigenvalue weighted by atomic mass is 10.3. The molecule has 0 aromatic rings. The first kappa shape index (κ1) is 13.1. The third kappa shape index (κ3) is 4.76. The van der Waals surface area contributed by atoms with Crippen LogP contribution in [0.4, 0.5) is 4.11 Å². The molecular weight excluding hydrogens is 195 g/mol. The first-order valence-corrected chi connectivity index (χ1v) is 11.4. The van der Waals surface area contributed by atoms with Gasteiger partial charge in [0.15, 0.2) is 0 Å². The normalized spacial score (nSPS) is 15.4. The summed E-state index contributed by atoms with van der Waals surface area (Å²) in [5.74, 6) is 0. The Morgan fingerprint density at radius 3 is 1.54 bits per heavy atom. The summed E-state index contributed by atoms with van der Waals surface area (Å²) in [7, 11) is -3.87. The molecule has 1 unspecified atom stereocenters. The molecule has 0 spiro atoms. The Hall–Kier alpha value is 0.104. The van der Waals surface area contributed by atoms with Gasteiger partial charge in [-0.3, -0.25) is 0 Å². The maximum Gasteiger partial charge on any atom is 0.245 e. The lowest BCUT2D eigenvalue weighted by Crippen LogP contribution is -2.42. The highest BCUT2D eigenvalue weighted by molar-refractivity contribution is 6.94. The summed E-state index contributed by atoms with van der Waals surface area (Å²) >= 11 is 0. The van der Waals surface area contributed by atoms with Gasteiger partial charge in [-0.2, -0.15) is 0 Å². The van der Waals surface area contributed by atoms with Crippen LogP contribution in [0.2, 0.25) is 37.9 Å². The van der Waals surface area contributed by atoms with Crippen molar-refractivity contribution < 1.29 is 4.11 Å². The highest BCUT2D eigenvalue weighted by Crippen LogP contribution is 2.34. The Labute approximate surface area is 84.4 Å². The molecule has 3 heteroatoms. The summed E-state index contributed by atoms with van der Waals surface area (Å²) in [5, 5.41) is 0.255. The maximum atomic E-state index is 14.0. The number of allylic oxidation sites excluding steroid dienone is 2. The SMILES string of the molecule is CC(C)=CC([Si](C)(C)C)[Si](C)(C)F. The van der Waals surface area contributed by atoms with Crippen LogP contribution in [-0.2, 0) is 0 Å². The highest BCUT2D eigenvalue weighted by atomic mass is 28.4. The standard InChI is InChI=1S/C10H23FSi2/c1-9(2)8-10(12(3,4)5)13(6,7)11/h8,10H,1-7H3. The quantitative estimate of drug-likeness (QED) is 0.375. The van der Waals surface area contributed by atoms with Gasteiger partial charge in [-0.25, -0.2) is 0 Å². The molecule has 0 rings (SSSR count). The Kier molecular flexibility index (Phi) is 4.12. The number of rotatable bonds is 3. The van der Waals surface area contributed by atoms with Gasteiger partial charge in [-0.05, 0) is 32.1 Å². The van der Waals surface area contributed by atoms with E-state index in [-0.39, 0.29) is 5.16 Å². The average Bonchev–Trinajstić information content (AvgIpc) is 1.77. The Morgan fingerprint density at radius 1 is 1.08 bits per heavy atom. The summed E-state index contributed by atoms with van der Waals surface area (Å²) in [6, 6.07) is 0. The Balaban J connectivity index is 4.90. The molecule has 0 aromatic carbocycles. The van der Waals surface area contributed by atoms with Crippen molar-refractivity contribution in [3.8, 4) is 0 Å². The highest BCUT2D eigenvalue weighted by Gasteiger charge is 2.40. The van der Waals surface area contributed by atoms with Crippen LogP contribution in [0, 0.1) is 0 Å². The van der Waals surface area contributed by atoms with Crippen LogP contribution >= 0.6 is 0 Å². The topological polar surface area (TPSA) is 0 Å². The second-order valence-electron chi connectivity index (χ2n) is 5.65. The molecule has 0 aliphatic heterocycles. The third-order valence-corrected chi connectivity index (χ3v) is 10.5. The van der Waals surface area contributed by atoms with Gasteiger partial charge in [0.2, 0.25) is 8.41 Å². The van der Waals surface area contributed by atoms with Gasteiger partial charge in [0, 0.05) is 0 Å². The largest absolute Gasteiger partial charge is 0.314 e. The predicted molar refractivity (Wildman–Crippen MR) is 65.1 cm³/mol. The molecule has 0 N–H and O–H groups in total. The average molecular weight is 218 g/mol. The van der Waals surface area contributed by atoms with Crippen molar-refractivity contribution in [1.82, 2.24) is 0 Å². The van der Waals surface area contributed by atoms with Crippen LogP contribution in [0.25, 0.3) is 0 Å². The minimum Gasteiger partial charge on any atom is -0.314 e. The van der Waals surface area contributed by atoms with E-state index >= 15 is 0 Å². The lowest BCUT2D eigenvalue weighted by Gasteiger charge is -2.32. The summed E-state index contributed by atoms with van der Waals surface area (Å²) < 4.78 is 14.0. The van der Waals surface area contributed by atoms with Crippen molar-refractivity contribution in [2.24, 2.45) is 0 Å². The smallest absolute Gasteiger partial charge is 0.245 e. The fourth-order valence-electron chi connectivity index (χ4n) is 1.81. The van der Waals surface area contributed by atoms with Crippen molar-refractivity contribution >= 4 is 16.5 Å². The van der Waals surface area contributed by atoms with Crippen LogP contribution in [0.3, 0.4) is 0 Å². The number of halogens is 1. The van der Waals surface area contributed by atoms with Gasteiger partial charge in [-0.1, -0.05) is 31.3 Å². The second-order valence-corrected chi connectivity index (χ2v) is 15.3. The summed E-state index contributed by atoms with van der Waals surface area (Å²) in [4.78, 5) is 0. The molecule has 0 fully saturated rings. The molecule has 0 aliphatic carbocycles. The summed E-state index contributed by atoms with van der Waals surface area (Å²) in [6.07, 6.45) is 2.17. The Bertz CT molecular complexity index is 178. The van der Waals surface area contributed by atoms with E-state index in [0.717, 1.165) is 0 Å². The molecule has 0 saturated heterocycles. The zero-order valence-corrected chi connectivity index (χ0v) is 12.0. The van der Waals surface area contributed by atoms with Crippen molar-refractivity contribution in [2.75, 3.05) is 0 Å². The van der Waals surface area contributed by atoms with Gasteiger partial charge in [0.1, 0.15) is 0 Å². The second kappa shape index (κ2) is 4.09. The fraction of sp³-hybridized carbons (Fsp3) is 0.800. The van der Waals surface area contributed by atoms with Gasteiger partial charge in [0.05, 0.1) is 8.07 Å². The van der Waals surface area contributed by atoms with E-state index in [1.54, 1.807) is 0 Å². The molecule has 0 nitrogen and oxygen atoms in total. The summed E-state index contributed by atoms with van der Waals surface area (Å²) in [5.41, 5.74) is 1.26. The van der Waals surface area contributed by atoms with Crippen LogP contribution in [0.1, 0.15) is 13.8 Å². The van der Waals surface area contributed by atoms with E-state index in [1.165, 1.54) is 5.57 Å². The van der Waals surface area contributed by atoms with Gasteiger partial charge < -0.3 is 4.11 Å². The first-order valence-electron chi connectivity index (χ1n) is 4.89. The minimum atomic E-state index is -2.50. The van der Waals surface area contributed by atoms with E-state index in [0.29, 0.717) is 0 Å². The van der Waals surface area contributed by atoms with Gasteiger partial charge in [0.25, 0.3) is 0 Å².